The Labute approximate surface area is 213 Å². The lowest BCUT2D eigenvalue weighted by molar-refractivity contribution is -0.118. The minimum absolute atomic E-state index is 0.115. The van der Waals surface area contributed by atoms with Crippen molar-refractivity contribution in [3.05, 3.63) is 92.9 Å². The average Bonchev–Trinajstić information content (AvgIpc) is 3.24. The number of halogens is 3. The zero-order valence-electron chi connectivity index (χ0n) is 17.0. The molecule has 33 heavy (non-hydrogen) atoms. The number of hydrogen-bond donors (Lipinski definition) is 1. The third-order valence-corrected chi connectivity index (χ3v) is 6.39. The van der Waals surface area contributed by atoms with Crippen molar-refractivity contribution in [2.75, 3.05) is 5.75 Å². The molecule has 0 radical (unpaired) electrons. The van der Waals surface area contributed by atoms with Crippen LogP contribution in [0.25, 0.3) is 17.1 Å². The van der Waals surface area contributed by atoms with E-state index < -0.39 is 0 Å². The van der Waals surface area contributed by atoms with Crippen molar-refractivity contribution in [1.82, 2.24) is 20.2 Å². The molecule has 0 saturated carbocycles. The first-order valence-electron chi connectivity index (χ1n) is 9.67. The molecule has 0 saturated heterocycles. The van der Waals surface area contributed by atoms with Crippen molar-refractivity contribution < 1.29 is 4.79 Å². The number of rotatable bonds is 7. The van der Waals surface area contributed by atoms with Gasteiger partial charge in [0.15, 0.2) is 11.0 Å². The number of amides is 1. The maximum Gasteiger partial charge on any atom is 0.250 e. The number of benzene rings is 3. The van der Waals surface area contributed by atoms with Crippen molar-refractivity contribution in [2.45, 2.75) is 5.16 Å². The van der Waals surface area contributed by atoms with Gasteiger partial charge < -0.3 is 0 Å². The van der Waals surface area contributed by atoms with Gasteiger partial charge in [0, 0.05) is 25.8 Å². The van der Waals surface area contributed by atoms with E-state index in [1.807, 2.05) is 53.1 Å². The van der Waals surface area contributed by atoms with Gasteiger partial charge in [-0.05, 0) is 66.2 Å². The van der Waals surface area contributed by atoms with Gasteiger partial charge in [-0.1, -0.05) is 63.0 Å². The van der Waals surface area contributed by atoms with E-state index in [0.29, 0.717) is 21.0 Å². The standard InChI is InChI=1S/C23H16BrCl2N5OS/c24-17-5-1-15(2-6-17)13-27-28-21(32)14-33-23-30-29-22(16-3-7-18(25)8-4-16)31(23)20-11-9-19(26)10-12-20/h1-13H,14H2,(H,28,32)/b27-13+. The molecule has 0 aliphatic heterocycles. The van der Waals surface area contributed by atoms with Gasteiger partial charge in [-0.25, -0.2) is 5.43 Å². The van der Waals surface area contributed by atoms with Crippen LogP contribution in [0.5, 0.6) is 0 Å². The Balaban J connectivity index is 1.51. The molecule has 0 spiro atoms. The smallest absolute Gasteiger partial charge is 0.250 e. The molecule has 10 heteroatoms. The van der Waals surface area contributed by atoms with E-state index >= 15 is 0 Å². The molecular formula is C23H16BrCl2N5OS. The number of aromatic nitrogens is 3. The molecule has 0 fully saturated rings. The summed E-state index contributed by atoms with van der Waals surface area (Å²) in [7, 11) is 0. The molecule has 0 bridgehead atoms. The van der Waals surface area contributed by atoms with Crippen LogP contribution in [0.15, 0.2) is 87.5 Å². The molecule has 166 valence electrons. The van der Waals surface area contributed by atoms with Crippen molar-refractivity contribution in [3.8, 4) is 17.1 Å². The Morgan fingerprint density at radius 2 is 1.61 bits per heavy atom. The maximum absolute atomic E-state index is 12.3. The van der Waals surface area contributed by atoms with E-state index in [9.17, 15) is 4.79 Å². The first-order valence-corrected chi connectivity index (χ1v) is 12.2. The average molecular weight is 561 g/mol. The van der Waals surface area contributed by atoms with Crippen molar-refractivity contribution >= 4 is 63.0 Å². The summed E-state index contributed by atoms with van der Waals surface area (Å²) in [5.74, 6) is 0.488. The van der Waals surface area contributed by atoms with Gasteiger partial charge >= 0.3 is 0 Å². The fourth-order valence-electron chi connectivity index (χ4n) is 2.86. The normalized spacial score (nSPS) is 11.1. The van der Waals surface area contributed by atoms with Gasteiger partial charge in [-0.2, -0.15) is 5.10 Å². The molecule has 1 N–H and O–H groups in total. The minimum atomic E-state index is -0.257. The first-order chi connectivity index (χ1) is 16.0. The Bertz CT molecular complexity index is 1280. The monoisotopic (exact) mass is 559 g/mol. The number of hydrazone groups is 1. The van der Waals surface area contributed by atoms with E-state index in [0.717, 1.165) is 21.3 Å². The second-order valence-electron chi connectivity index (χ2n) is 6.76. The second kappa shape index (κ2) is 11.0. The number of carbonyl (C=O) groups is 1. The van der Waals surface area contributed by atoms with Gasteiger partial charge in [-0.3, -0.25) is 9.36 Å². The SMILES string of the molecule is O=C(CSc1nnc(-c2ccc(Cl)cc2)n1-c1ccc(Cl)cc1)N/N=C/c1ccc(Br)cc1. The predicted molar refractivity (Wildman–Crippen MR) is 137 cm³/mol. The summed E-state index contributed by atoms with van der Waals surface area (Å²) in [6, 6.07) is 22.2. The van der Waals surface area contributed by atoms with E-state index in [1.54, 1.807) is 30.5 Å². The van der Waals surface area contributed by atoms with Crippen LogP contribution in [0.1, 0.15) is 5.56 Å². The highest BCUT2D eigenvalue weighted by Gasteiger charge is 2.17. The first kappa shape index (κ1) is 23.5. The summed E-state index contributed by atoms with van der Waals surface area (Å²) >= 11 is 16.7. The van der Waals surface area contributed by atoms with Crippen LogP contribution in [0.2, 0.25) is 10.0 Å². The number of nitrogens with zero attached hydrogens (tertiary/aromatic N) is 4. The Hall–Kier alpha value is -2.65. The van der Waals surface area contributed by atoms with E-state index in [-0.39, 0.29) is 11.7 Å². The fraction of sp³-hybridized carbons (Fsp3) is 0.0435. The third kappa shape index (κ3) is 6.23. The number of carbonyl (C=O) groups excluding carboxylic acids is 1. The van der Waals surface area contributed by atoms with Gasteiger partial charge in [0.05, 0.1) is 12.0 Å². The van der Waals surface area contributed by atoms with Crippen molar-refractivity contribution in [3.63, 3.8) is 0 Å². The largest absolute Gasteiger partial charge is 0.272 e. The summed E-state index contributed by atoms with van der Waals surface area (Å²) in [6.45, 7) is 0. The van der Waals surface area contributed by atoms with Crippen LogP contribution in [-0.4, -0.2) is 32.6 Å². The molecule has 1 amide bonds. The van der Waals surface area contributed by atoms with Crippen LogP contribution >= 0.6 is 50.9 Å². The lowest BCUT2D eigenvalue weighted by Gasteiger charge is -2.10. The molecule has 6 nitrogen and oxygen atoms in total. The Morgan fingerprint density at radius 3 is 2.27 bits per heavy atom. The van der Waals surface area contributed by atoms with Crippen molar-refractivity contribution in [1.29, 1.82) is 0 Å². The van der Waals surface area contributed by atoms with Crippen LogP contribution in [0.3, 0.4) is 0 Å². The van der Waals surface area contributed by atoms with Crippen molar-refractivity contribution in [2.24, 2.45) is 5.10 Å². The zero-order valence-corrected chi connectivity index (χ0v) is 20.9. The molecule has 0 aliphatic carbocycles. The molecular weight excluding hydrogens is 545 g/mol. The molecule has 4 rings (SSSR count). The highest BCUT2D eigenvalue weighted by atomic mass is 79.9. The highest BCUT2D eigenvalue weighted by molar-refractivity contribution is 9.10. The summed E-state index contributed by atoms with van der Waals surface area (Å²) in [6.07, 6.45) is 1.59. The maximum atomic E-state index is 12.3. The zero-order chi connectivity index (χ0) is 23.2. The van der Waals surface area contributed by atoms with Crippen LogP contribution in [-0.2, 0) is 4.79 Å². The topological polar surface area (TPSA) is 72.2 Å². The third-order valence-electron chi connectivity index (χ3n) is 4.43. The van der Waals surface area contributed by atoms with Gasteiger partial charge in [0.2, 0.25) is 0 Å². The Kier molecular flexibility index (Phi) is 7.82. The molecule has 0 unspecified atom stereocenters. The Morgan fingerprint density at radius 1 is 0.970 bits per heavy atom. The molecule has 0 aliphatic rings. The molecule has 0 atom stereocenters. The van der Waals surface area contributed by atoms with E-state index in [2.05, 4.69) is 36.7 Å². The lowest BCUT2D eigenvalue weighted by Crippen LogP contribution is -2.20. The number of nitrogens with one attached hydrogen (secondary N) is 1. The van der Waals surface area contributed by atoms with Crippen LogP contribution in [0.4, 0.5) is 0 Å². The minimum Gasteiger partial charge on any atom is -0.272 e. The van der Waals surface area contributed by atoms with Gasteiger partial charge in [0.1, 0.15) is 0 Å². The lowest BCUT2D eigenvalue weighted by atomic mass is 10.2. The van der Waals surface area contributed by atoms with Crippen LogP contribution < -0.4 is 5.43 Å². The molecule has 4 aromatic rings. The summed E-state index contributed by atoms with van der Waals surface area (Å²) in [4.78, 5) is 12.3. The predicted octanol–water partition coefficient (Wildman–Crippen LogP) is 6.25. The summed E-state index contributed by atoms with van der Waals surface area (Å²) in [5, 5.41) is 14.5. The second-order valence-corrected chi connectivity index (χ2v) is 9.49. The number of thioether (sulfide) groups is 1. The van der Waals surface area contributed by atoms with Crippen LogP contribution in [0, 0.1) is 0 Å². The van der Waals surface area contributed by atoms with Gasteiger partial charge in [0.25, 0.3) is 5.91 Å². The quantitative estimate of drug-likeness (QED) is 0.165. The van der Waals surface area contributed by atoms with E-state index in [4.69, 9.17) is 23.2 Å². The number of hydrogen-bond acceptors (Lipinski definition) is 5. The molecule has 3 aromatic carbocycles. The molecule has 1 heterocycles. The molecule has 1 aromatic heterocycles. The summed E-state index contributed by atoms with van der Waals surface area (Å²) in [5.41, 5.74) is 5.08. The van der Waals surface area contributed by atoms with E-state index in [1.165, 1.54) is 11.8 Å². The fourth-order valence-corrected chi connectivity index (χ4v) is 4.12. The summed E-state index contributed by atoms with van der Waals surface area (Å²) < 4.78 is 2.85. The van der Waals surface area contributed by atoms with Gasteiger partial charge in [-0.15, -0.1) is 10.2 Å². The highest BCUT2D eigenvalue weighted by Crippen LogP contribution is 2.29.